The van der Waals surface area contributed by atoms with Crippen molar-refractivity contribution in [3.63, 3.8) is 0 Å². The van der Waals surface area contributed by atoms with E-state index in [4.69, 9.17) is 4.99 Å². The molecular weight excluding hydrogens is 357 g/mol. The van der Waals surface area contributed by atoms with Gasteiger partial charge in [-0.15, -0.1) is 35.3 Å². The molecule has 0 spiro atoms. The monoisotopic (exact) mass is 381 g/mol. The fourth-order valence-electron chi connectivity index (χ4n) is 1.69. The zero-order valence-corrected chi connectivity index (χ0v) is 15.2. The quantitative estimate of drug-likeness (QED) is 0.455. The zero-order chi connectivity index (χ0) is 13.1. The predicted molar refractivity (Wildman–Crippen MR) is 92.4 cm³/mol. The van der Waals surface area contributed by atoms with Crippen LogP contribution in [-0.4, -0.2) is 50.5 Å². The van der Waals surface area contributed by atoms with Gasteiger partial charge in [-0.05, 0) is 11.4 Å². The number of nitrogens with zero attached hydrogens (tertiary/aromatic N) is 3. The second-order valence-corrected chi connectivity index (χ2v) is 6.21. The smallest absolute Gasteiger partial charge is 0.195 e. The number of hydrogen-bond acceptors (Lipinski definition) is 2. The Balaban J connectivity index is 0.00000289. The van der Waals surface area contributed by atoms with Crippen molar-refractivity contribution in [2.45, 2.75) is 19.3 Å². The molecule has 0 aromatic carbocycles. The highest BCUT2D eigenvalue weighted by molar-refractivity contribution is 14.0. The van der Waals surface area contributed by atoms with Crippen molar-refractivity contribution < 1.29 is 0 Å². The molecule has 0 saturated carbocycles. The summed E-state index contributed by atoms with van der Waals surface area (Å²) in [6.45, 7) is 5.29. The van der Waals surface area contributed by atoms with E-state index in [0.29, 0.717) is 0 Å². The highest BCUT2D eigenvalue weighted by atomic mass is 127. The van der Waals surface area contributed by atoms with Gasteiger partial charge >= 0.3 is 0 Å². The van der Waals surface area contributed by atoms with Crippen molar-refractivity contribution in [1.29, 1.82) is 0 Å². The van der Waals surface area contributed by atoms with Crippen LogP contribution in [0, 0.1) is 0 Å². The van der Waals surface area contributed by atoms with Gasteiger partial charge in [-0.25, -0.2) is 0 Å². The van der Waals surface area contributed by atoms with Gasteiger partial charge in [0.2, 0.25) is 0 Å². The Kier molecular flexibility index (Phi) is 7.21. The molecule has 3 nitrogen and oxygen atoms in total. The summed E-state index contributed by atoms with van der Waals surface area (Å²) in [6.07, 6.45) is 0. The maximum Gasteiger partial charge on any atom is 0.195 e. The van der Waals surface area contributed by atoms with Gasteiger partial charge in [0.1, 0.15) is 0 Å². The molecule has 1 aromatic heterocycles. The Bertz CT molecular complexity index is 360. The van der Waals surface area contributed by atoms with Crippen LogP contribution in [0.2, 0.25) is 0 Å². The molecule has 0 aliphatic carbocycles. The lowest BCUT2D eigenvalue weighted by Crippen LogP contribution is -2.36. The number of halogens is 1. The molecule has 5 heteroatoms. The second kappa shape index (κ2) is 7.33. The topological polar surface area (TPSA) is 18.8 Å². The molecule has 0 unspecified atom stereocenters. The first-order valence-electron chi connectivity index (χ1n) is 5.77. The minimum Gasteiger partial charge on any atom is -0.349 e. The molecule has 1 aromatic rings. The molecule has 0 saturated heterocycles. The van der Waals surface area contributed by atoms with Crippen molar-refractivity contribution in [2.24, 2.45) is 4.99 Å². The van der Waals surface area contributed by atoms with Crippen LogP contribution in [-0.2, 0) is 5.41 Å². The normalized spacial score (nSPS) is 10.6. The van der Waals surface area contributed by atoms with Crippen LogP contribution >= 0.6 is 35.3 Å². The van der Waals surface area contributed by atoms with Crippen LogP contribution in [0.3, 0.4) is 0 Å². The van der Waals surface area contributed by atoms with Crippen LogP contribution in [0.25, 0.3) is 0 Å². The summed E-state index contributed by atoms with van der Waals surface area (Å²) in [4.78, 5) is 10.2. The van der Waals surface area contributed by atoms with E-state index in [1.165, 1.54) is 4.88 Å². The third-order valence-electron chi connectivity index (χ3n) is 2.60. The molecule has 0 radical (unpaired) electrons. The number of rotatable bonds is 3. The van der Waals surface area contributed by atoms with Crippen molar-refractivity contribution in [3.05, 3.63) is 22.4 Å². The summed E-state index contributed by atoms with van der Waals surface area (Å²) in [5.41, 5.74) is 0.103. The molecule has 18 heavy (non-hydrogen) atoms. The summed E-state index contributed by atoms with van der Waals surface area (Å²) in [5.74, 6) is 1.01. The lowest BCUT2D eigenvalue weighted by atomic mass is 9.92. The summed E-state index contributed by atoms with van der Waals surface area (Å²) >= 11 is 1.80. The number of aliphatic imine (C=N–C) groups is 1. The van der Waals surface area contributed by atoms with E-state index in [9.17, 15) is 0 Å². The van der Waals surface area contributed by atoms with E-state index in [-0.39, 0.29) is 29.4 Å². The van der Waals surface area contributed by atoms with Crippen LogP contribution in [0.15, 0.2) is 22.5 Å². The number of hydrogen-bond donors (Lipinski definition) is 0. The van der Waals surface area contributed by atoms with Crippen LogP contribution in [0.4, 0.5) is 0 Å². The third kappa shape index (κ3) is 4.76. The lowest BCUT2D eigenvalue weighted by molar-refractivity contribution is 0.466. The molecule has 0 amide bonds. The van der Waals surface area contributed by atoms with Crippen LogP contribution in [0.5, 0.6) is 0 Å². The van der Waals surface area contributed by atoms with Crippen molar-refractivity contribution in [3.8, 4) is 0 Å². The minimum absolute atomic E-state index is 0. The van der Waals surface area contributed by atoms with Gasteiger partial charge in [-0.1, -0.05) is 19.9 Å². The highest BCUT2D eigenvalue weighted by Gasteiger charge is 2.21. The average Bonchev–Trinajstić information content (AvgIpc) is 2.69. The molecule has 0 aliphatic rings. The van der Waals surface area contributed by atoms with E-state index in [1.807, 2.05) is 38.0 Å². The molecule has 1 rings (SSSR count). The van der Waals surface area contributed by atoms with Crippen LogP contribution < -0.4 is 0 Å². The van der Waals surface area contributed by atoms with Gasteiger partial charge in [-0.3, -0.25) is 4.99 Å². The first-order valence-corrected chi connectivity index (χ1v) is 6.65. The Hall–Kier alpha value is -0.300. The SMILES string of the molecule is CN(C)C(=NCC(C)(C)c1cccs1)N(C)C.I. The molecule has 1 heterocycles. The van der Waals surface area contributed by atoms with Crippen molar-refractivity contribution in [2.75, 3.05) is 34.7 Å². The molecule has 0 bridgehead atoms. The third-order valence-corrected chi connectivity index (χ3v) is 3.84. The van der Waals surface area contributed by atoms with E-state index in [1.54, 1.807) is 11.3 Å². The molecule has 0 aliphatic heterocycles. The van der Waals surface area contributed by atoms with E-state index in [2.05, 4.69) is 31.4 Å². The van der Waals surface area contributed by atoms with Gasteiger partial charge in [0.25, 0.3) is 0 Å². The Morgan fingerprint density at radius 3 is 2.17 bits per heavy atom. The Labute approximate surface area is 132 Å². The molecule has 0 fully saturated rings. The van der Waals surface area contributed by atoms with Gasteiger partial charge in [0.05, 0.1) is 6.54 Å². The van der Waals surface area contributed by atoms with Crippen molar-refractivity contribution in [1.82, 2.24) is 9.80 Å². The molecule has 0 atom stereocenters. The fourth-order valence-corrected chi connectivity index (χ4v) is 2.54. The van der Waals surface area contributed by atoms with E-state index < -0.39 is 0 Å². The number of guanidine groups is 1. The first kappa shape index (κ1) is 17.7. The minimum atomic E-state index is 0. The van der Waals surface area contributed by atoms with Gasteiger partial charge in [0.15, 0.2) is 5.96 Å². The van der Waals surface area contributed by atoms with E-state index in [0.717, 1.165) is 12.5 Å². The van der Waals surface area contributed by atoms with E-state index >= 15 is 0 Å². The zero-order valence-electron chi connectivity index (χ0n) is 12.1. The summed E-state index contributed by atoms with van der Waals surface area (Å²) in [7, 11) is 8.10. The first-order chi connectivity index (χ1) is 7.84. The van der Waals surface area contributed by atoms with Gasteiger partial charge in [-0.2, -0.15) is 0 Å². The van der Waals surface area contributed by atoms with Gasteiger partial charge in [0, 0.05) is 38.5 Å². The average molecular weight is 381 g/mol. The summed E-state index contributed by atoms with van der Waals surface area (Å²) < 4.78 is 0. The fraction of sp³-hybridized carbons (Fsp3) is 0.615. The Morgan fingerprint density at radius 2 is 1.78 bits per heavy atom. The molecule has 0 N–H and O–H groups in total. The van der Waals surface area contributed by atoms with Crippen molar-refractivity contribution >= 4 is 41.3 Å². The lowest BCUT2D eigenvalue weighted by Gasteiger charge is -2.26. The Morgan fingerprint density at radius 1 is 1.22 bits per heavy atom. The largest absolute Gasteiger partial charge is 0.349 e. The number of thiophene rings is 1. The maximum atomic E-state index is 4.73. The molecule has 104 valence electrons. The van der Waals surface area contributed by atoms with Gasteiger partial charge < -0.3 is 9.80 Å². The highest BCUT2D eigenvalue weighted by Crippen LogP contribution is 2.27. The standard InChI is InChI=1S/C13H23N3S.HI/c1-13(2,11-8-7-9-17-11)10-14-12(15(3)4)16(5)6;/h7-9H,10H2,1-6H3;1H. The van der Waals surface area contributed by atoms with Crippen LogP contribution in [0.1, 0.15) is 18.7 Å². The molecular formula is C13H24IN3S. The second-order valence-electron chi connectivity index (χ2n) is 5.27. The summed E-state index contributed by atoms with van der Waals surface area (Å²) in [6, 6.07) is 4.29. The predicted octanol–water partition coefficient (Wildman–Crippen LogP) is 3.12. The summed E-state index contributed by atoms with van der Waals surface area (Å²) in [5, 5.41) is 2.12. The maximum absolute atomic E-state index is 4.73.